The second kappa shape index (κ2) is 4.61. The predicted octanol–water partition coefficient (Wildman–Crippen LogP) is 1.73. The lowest BCUT2D eigenvalue weighted by molar-refractivity contribution is -0.140. The summed E-state index contributed by atoms with van der Waals surface area (Å²) in [5.74, 6) is -0.640. The van der Waals surface area contributed by atoms with E-state index in [0.29, 0.717) is 0 Å². The number of hydrogen-bond acceptors (Lipinski definition) is 2. The highest BCUT2D eigenvalue weighted by atomic mass is 16.4. The van der Waals surface area contributed by atoms with Crippen molar-refractivity contribution in [3.05, 3.63) is 0 Å². The topological polar surface area (TPSA) is 49.3 Å². The van der Waals surface area contributed by atoms with Crippen molar-refractivity contribution in [2.24, 2.45) is 11.3 Å². The minimum Gasteiger partial charge on any atom is -0.480 e. The van der Waals surface area contributed by atoms with E-state index in [-0.39, 0.29) is 11.3 Å². The van der Waals surface area contributed by atoms with E-state index in [1.54, 1.807) is 0 Å². The lowest BCUT2D eigenvalue weighted by Crippen LogP contribution is -2.44. The number of carboxylic acids is 1. The van der Waals surface area contributed by atoms with E-state index in [0.717, 1.165) is 6.54 Å². The van der Waals surface area contributed by atoms with E-state index in [1.807, 2.05) is 13.8 Å². The standard InChI is InChI=1S/C10H21NO2/c1-7(2)8(9(12)13)11-6-10(3,4)5/h7-8,11H,6H2,1-5H3,(H,12,13)/t8-/m1/s1. The van der Waals surface area contributed by atoms with Crippen LogP contribution in [0.5, 0.6) is 0 Å². The third kappa shape index (κ3) is 5.64. The van der Waals surface area contributed by atoms with Crippen LogP contribution >= 0.6 is 0 Å². The van der Waals surface area contributed by atoms with Gasteiger partial charge >= 0.3 is 5.97 Å². The fraction of sp³-hybridized carbons (Fsp3) is 0.900. The summed E-state index contributed by atoms with van der Waals surface area (Å²) in [6.07, 6.45) is 0. The van der Waals surface area contributed by atoms with Crippen LogP contribution in [0.4, 0.5) is 0 Å². The molecule has 78 valence electrons. The molecule has 0 aromatic rings. The van der Waals surface area contributed by atoms with Gasteiger partial charge in [-0.1, -0.05) is 34.6 Å². The third-order valence-electron chi connectivity index (χ3n) is 1.79. The number of nitrogens with one attached hydrogen (secondary N) is 1. The molecule has 0 aliphatic rings. The lowest BCUT2D eigenvalue weighted by Gasteiger charge is -2.24. The average molecular weight is 187 g/mol. The highest BCUT2D eigenvalue weighted by Gasteiger charge is 2.22. The maximum Gasteiger partial charge on any atom is 0.320 e. The zero-order valence-corrected chi connectivity index (χ0v) is 9.22. The van der Waals surface area contributed by atoms with Gasteiger partial charge in [0.25, 0.3) is 0 Å². The maximum atomic E-state index is 10.8. The first-order chi connectivity index (χ1) is 5.74. The molecule has 0 spiro atoms. The van der Waals surface area contributed by atoms with Gasteiger partial charge in [0.1, 0.15) is 6.04 Å². The van der Waals surface area contributed by atoms with Crippen molar-refractivity contribution in [1.29, 1.82) is 0 Å². The van der Waals surface area contributed by atoms with Gasteiger partial charge < -0.3 is 10.4 Å². The lowest BCUT2D eigenvalue weighted by atomic mass is 9.95. The average Bonchev–Trinajstić information content (AvgIpc) is 1.82. The van der Waals surface area contributed by atoms with E-state index in [4.69, 9.17) is 5.11 Å². The van der Waals surface area contributed by atoms with E-state index in [9.17, 15) is 4.79 Å². The Hall–Kier alpha value is -0.570. The zero-order chi connectivity index (χ0) is 10.6. The quantitative estimate of drug-likeness (QED) is 0.704. The van der Waals surface area contributed by atoms with Crippen molar-refractivity contribution in [2.75, 3.05) is 6.54 Å². The molecule has 0 aliphatic carbocycles. The maximum absolute atomic E-state index is 10.8. The van der Waals surface area contributed by atoms with Crippen LogP contribution < -0.4 is 5.32 Å². The Labute approximate surface area is 80.5 Å². The van der Waals surface area contributed by atoms with Crippen molar-refractivity contribution < 1.29 is 9.90 Å². The molecule has 3 heteroatoms. The number of aliphatic carboxylic acids is 1. The first-order valence-corrected chi connectivity index (χ1v) is 4.70. The monoisotopic (exact) mass is 187 g/mol. The van der Waals surface area contributed by atoms with Crippen molar-refractivity contribution in [1.82, 2.24) is 5.32 Å². The Bertz CT molecular complexity index is 170. The molecule has 3 nitrogen and oxygen atoms in total. The van der Waals surface area contributed by atoms with Crippen LogP contribution in [0.1, 0.15) is 34.6 Å². The summed E-state index contributed by atoms with van der Waals surface area (Å²) in [5.41, 5.74) is 0.128. The molecule has 0 aromatic carbocycles. The molecule has 0 bridgehead atoms. The molecular formula is C10H21NO2. The van der Waals surface area contributed by atoms with E-state index in [2.05, 4.69) is 26.1 Å². The summed E-state index contributed by atoms with van der Waals surface area (Å²) in [7, 11) is 0. The SMILES string of the molecule is CC(C)[C@@H](NCC(C)(C)C)C(=O)O. The molecule has 0 heterocycles. The smallest absolute Gasteiger partial charge is 0.320 e. The highest BCUT2D eigenvalue weighted by Crippen LogP contribution is 2.12. The van der Waals surface area contributed by atoms with Gasteiger partial charge in [-0.3, -0.25) is 4.79 Å². The van der Waals surface area contributed by atoms with Crippen molar-refractivity contribution >= 4 is 5.97 Å². The van der Waals surface area contributed by atoms with Crippen LogP contribution in [0.15, 0.2) is 0 Å². The van der Waals surface area contributed by atoms with E-state index in [1.165, 1.54) is 0 Å². The van der Waals surface area contributed by atoms with Gasteiger partial charge in [0.2, 0.25) is 0 Å². The van der Waals surface area contributed by atoms with Gasteiger partial charge in [-0.25, -0.2) is 0 Å². The number of carbonyl (C=O) groups is 1. The molecule has 0 unspecified atom stereocenters. The Balaban J connectivity index is 4.06. The molecule has 0 rings (SSSR count). The summed E-state index contributed by atoms with van der Waals surface area (Å²) in [6.45, 7) is 10.8. The van der Waals surface area contributed by atoms with Crippen LogP contribution in [-0.4, -0.2) is 23.7 Å². The van der Waals surface area contributed by atoms with Crippen LogP contribution in [-0.2, 0) is 4.79 Å². The van der Waals surface area contributed by atoms with Crippen LogP contribution in [0, 0.1) is 11.3 Å². The van der Waals surface area contributed by atoms with Gasteiger partial charge in [-0.15, -0.1) is 0 Å². The molecule has 1 atom stereocenters. The Morgan fingerprint density at radius 2 is 1.85 bits per heavy atom. The number of carboxylic acid groups (broad SMARTS) is 1. The second-order valence-electron chi connectivity index (χ2n) is 5.00. The molecule has 0 aromatic heterocycles. The Morgan fingerprint density at radius 1 is 1.38 bits per heavy atom. The number of hydrogen-bond donors (Lipinski definition) is 2. The van der Waals surface area contributed by atoms with Gasteiger partial charge in [-0.05, 0) is 11.3 Å². The van der Waals surface area contributed by atoms with Crippen LogP contribution in [0.25, 0.3) is 0 Å². The summed E-state index contributed by atoms with van der Waals surface area (Å²) >= 11 is 0. The fourth-order valence-electron chi connectivity index (χ4n) is 1.02. The first-order valence-electron chi connectivity index (χ1n) is 4.70. The molecule has 0 saturated carbocycles. The molecular weight excluding hydrogens is 166 g/mol. The molecule has 2 N–H and O–H groups in total. The summed E-state index contributed by atoms with van der Waals surface area (Å²) < 4.78 is 0. The van der Waals surface area contributed by atoms with E-state index < -0.39 is 12.0 Å². The molecule has 0 amide bonds. The summed E-state index contributed by atoms with van der Waals surface area (Å²) in [5, 5.41) is 11.9. The largest absolute Gasteiger partial charge is 0.480 e. The molecule has 13 heavy (non-hydrogen) atoms. The second-order valence-corrected chi connectivity index (χ2v) is 5.00. The van der Waals surface area contributed by atoms with Crippen molar-refractivity contribution in [2.45, 2.75) is 40.7 Å². The van der Waals surface area contributed by atoms with Gasteiger partial charge in [0, 0.05) is 6.54 Å². The predicted molar refractivity (Wildman–Crippen MR) is 53.7 cm³/mol. The molecule has 0 radical (unpaired) electrons. The summed E-state index contributed by atoms with van der Waals surface area (Å²) in [4.78, 5) is 10.8. The third-order valence-corrected chi connectivity index (χ3v) is 1.79. The first kappa shape index (κ1) is 12.4. The van der Waals surface area contributed by atoms with Gasteiger partial charge in [0.05, 0.1) is 0 Å². The van der Waals surface area contributed by atoms with Crippen molar-refractivity contribution in [3.63, 3.8) is 0 Å². The van der Waals surface area contributed by atoms with Crippen LogP contribution in [0.3, 0.4) is 0 Å². The Morgan fingerprint density at radius 3 is 2.08 bits per heavy atom. The molecule has 0 aliphatic heterocycles. The van der Waals surface area contributed by atoms with Gasteiger partial charge in [0.15, 0.2) is 0 Å². The zero-order valence-electron chi connectivity index (χ0n) is 9.22. The molecule has 0 fully saturated rings. The normalized spacial score (nSPS) is 14.6. The molecule has 0 saturated heterocycles. The Kier molecular flexibility index (Phi) is 4.40. The van der Waals surface area contributed by atoms with Gasteiger partial charge in [-0.2, -0.15) is 0 Å². The van der Waals surface area contributed by atoms with E-state index >= 15 is 0 Å². The van der Waals surface area contributed by atoms with Crippen molar-refractivity contribution in [3.8, 4) is 0 Å². The van der Waals surface area contributed by atoms with Crippen LogP contribution in [0.2, 0.25) is 0 Å². The number of rotatable bonds is 4. The minimum absolute atomic E-state index is 0.125. The summed E-state index contributed by atoms with van der Waals surface area (Å²) in [6, 6.07) is -0.431. The minimum atomic E-state index is -0.765. The highest BCUT2D eigenvalue weighted by molar-refractivity contribution is 5.73. The fourth-order valence-corrected chi connectivity index (χ4v) is 1.02.